The molecule has 1 fully saturated rings. The normalized spacial score (nSPS) is 16.6. The van der Waals surface area contributed by atoms with Crippen molar-refractivity contribution in [3.05, 3.63) is 42.2 Å². The fraction of sp³-hybridized carbons (Fsp3) is 0.368. The van der Waals surface area contributed by atoms with Gasteiger partial charge in [0.2, 0.25) is 16.2 Å². The zero-order valence-electron chi connectivity index (χ0n) is 17.4. The average Bonchev–Trinajstić information content (AvgIpc) is 3.44. The van der Waals surface area contributed by atoms with E-state index in [0.29, 0.717) is 23.2 Å². The zero-order valence-corrected chi connectivity index (χ0v) is 18.2. The molecule has 0 unspecified atom stereocenters. The first-order chi connectivity index (χ1) is 16.0. The van der Waals surface area contributed by atoms with E-state index in [1.165, 1.54) is 42.8 Å². The van der Waals surface area contributed by atoms with Gasteiger partial charge in [-0.05, 0) is 24.1 Å². The van der Waals surface area contributed by atoms with E-state index in [2.05, 4.69) is 40.7 Å². The van der Waals surface area contributed by atoms with Crippen LogP contribution in [-0.2, 0) is 9.53 Å². The monoisotopic (exact) mass is 478 g/mol. The van der Waals surface area contributed by atoms with Gasteiger partial charge in [-0.15, -0.1) is 15.3 Å². The van der Waals surface area contributed by atoms with Crippen molar-refractivity contribution in [1.82, 2.24) is 25.4 Å². The third-order valence-electron chi connectivity index (χ3n) is 4.78. The van der Waals surface area contributed by atoms with Crippen LogP contribution in [0.25, 0.3) is 0 Å². The van der Waals surface area contributed by atoms with Crippen molar-refractivity contribution in [3.8, 4) is 5.75 Å². The van der Waals surface area contributed by atoms with Crippen LogP contribution in [0.15, 0.2) is 36.7 Å². The minimum absolute atomic E-state index is 0.0676. The van der Waals surface area contributed by atoms with Gasteiger partial charge in [-0.3, -0.25) is 10.1 Å². The van der Waals surface area contributed by atoms with Crippen LogP contribution in [0.1, 0.15) is 18.1 Å². The topological polar surface area (TPSA) is 127 Å². The van der Waals surface area contributed by atoms with Crippen LogP contribution in [0.5, 0.6) is 5.75 Å². The summed E-state index contributed by atoms with van der Waals surface area (Å²) in [5.74, 6) is -0.0159. The molecule has 33 heavy (non-hydrogen) atoms. The summed E-state index contributed by atoms with van der Waals surface area (Å²) in [5.41, 5.74) is 0.361. The van der Waals surface area contributed by atoms with E-state index in [-0.39, 0.29) is 16.9 Å². The molecular weight excluding hydrogens is 458 g/mol. The van der Waals surface area contributed by atoms with Gasteiger partial charge in [0.05, 0.1) is 12.4 Å². The summed E-state index contributed by atoms with van der Waals surface area (Å²) in [7, 11) is 1.34. The number of aromatic nitrogens is 5. The molecule has 1 amide bonds. The maximum Gasteiger partial charge on any atom is 0.387 e. The molecule has 1 aliphatic rings. The molecule has 2 aromatic heterocycles. The zero-order chi connectivity index (χ0) is 23.2. The van der Waals surface area contributed by atoms with Gasteiger partial charge in [-0.2, -0.15) is 13.9 Å². The lowest BCUT2D eigenvalue weighted by molar-refractivity contribution is -0.126. The Morgan fingerprint density at radius 2 is 2.09 bits per heavy atom. The molecular formula is C19H20F2N8O3S. The van der Waals surface area contributed by atoms with Gasteiger partial charge >= 0.3 is 6.61 Å². The number of ether oxygens (including phenoxy) is 2. The van der Waals surface area contributed by atoms with Crippen LogP contribution >= 0.6 is 11.3 Å². The summed E-state index contributed by atoms with van der Waals surface area (Å²) in [4.78, 5) is 18.9. The number of carbonyl (C=O) groups is 1. The van der Waals surface area contributed by atoms with E-state index < -0.39 is 18.6 Å². The molecule has 0 saturated carbocycles. The van der Waals surface area contributed by atoms with Crippen molar-refractivity contribution < 1.29 is 23.0 Å². The van der Waals surface area contributed by atoms with Gasteiger partial charge in [0.25, 0.3) is 5.91 Å². The first-order valence-corrected chi connectivity index (χ1v) is 10.7. The molecule has 2 N–H and O–H groups in total. The minimum atomic E-state index is -2.97. The summed E-state index contributed by atoms with van der Waals surface area (Å²) in [6.45, 7) is -1.52. The third kappa shape index (κ3) is 5.84. The first kappa shape index (κ1) is 22.7. The van der Waals surface area contributed by atoms with Gasteiger partial charge in [-0.1, -0.05) is 23.5 Å². The number of halogens is 2. The van der Waals surface area contributed by atoms with E-state index in [0.717, 1.165) is 13.0 Å². The number of nitrogens with one attached hydrogen (secondary N) is 2. The number of nitrogens with zero attached hydrogens (tertiary/aromatic N) is 6. The Balaban J connectivity index is 1.34. The van der Waals surface area contributed by atoms with E-state index >= 15 is 0 Å². The molecule has 1 saturated heterocycles. The fourth-order valence-corrected chi connectivity index (χ4v) is 4.09. The van der Waals surface area contributed by atoms with Crippen LogP contribution in [0.3, 0.4) is 0 Å². The maximum absolute atomic E-state index is 12.7. The predicted octanol–water partition coefficient (Wildman–Crippen LogP) is 2.34. The van der Waals surface area contributed by atoms with Crippen molar-refractivity contribution in [2.45, 2.75) is 25.2 Å². The molecule has 14 heteroatoms. The number of methoxy groups -OCH3 is 1. The lowest BCUT2D eigenvalue weighted by Gasteiger charge is -2.15. The van der Waals surface area contributed by atoms with Crippen LogP contribution in [0.4, 0.5) is 25.0 Å². The Bertz CT molecular complexity index is 1070. The van der Waals surface area contributed by atoms with Crippen molar-refractivity contribution >= 4 is 33.5 Å². The number of rotatable bonds is 9. The van der Waals surface area contributed by atoms with Gasteiger partial charge < -0.3 is 19.7 Å². The Morgan fingerprint density at radius 3 is 2.85 bits per heavy atom. The Hall–Kier alpha value is -3.52. The third-order valence-corrected chi connectivity index (χ3v) is 5.55. The SMILES string of the molecule is CO[C@H](C(=O)Nc1nnc(N[C@H]2CCN(c3nccnn3)C2)s1)c1cccc(OC(F)F)c1. The number of carbonyl (C=O) groups excluding carboxylic acids is 1. The van der Waals surface area contributed by atoms with Crippen LogP contribution in [0.2, 0.25) is 0 Å². The molecule has 0 radical (unpaired) electrons. The highest BCUT2D eigenvalue weighted by Crippen LogP contribution is 2.27. The van der Waals surface area contributed by atoms with Crippen molar-refractivity contribution in [2.75, 3.05) is 35.7 Å². The molecule has 0 aliphatic carbocycles. The number of benzene rings is 1. The van der Waals surface area contributed by atoms with Gasteiger partial charge in [0.15, 0.2) is 6.10 Å². The van der Waals surface area contributed by atoms with E-state index in [9.17, 15) is 13.6 Å². The highest BCUT2D eigenvalue weighted by molar-refractivity contribution is 7.19. The second-order valence-electron chi connectivity index (χ2n) is 6.99. The molecule has 11 nitrogen and oxygen atoms in total. The van der Waals surface area contributed by atoms with E-state index in [1.54, 1.807) is 12.3 Å². The summed E-state index contributed by atoms with van der Waals surface area (Å²) < 4.78 is 34.6. The fourth-order valence-electron chi connectivity index (χ4n) is 3.37. The molecule has 3 aromatic rings. The van der Waals surface area contributed by atoms with Gasteiger partial charge in [0, 0.05) is 26.2 Å². The van der Waals surface area contributed by atoms with E-state index in [1.807, 2.05) is 4.90 Å². The van der Waals surface area contributed by atoms with Crippen LogP contribution in [-0.4, -0.2) is 64.1 Å². The van der Waals surface area contributed by atoms with E-state index in [4.69, 9.17) is 4.74 Å². The predicted molar refractivity (Wildman–Crippen MR) is 115 cm³/mol. The largest absolute Gasteiger partial charge is 0.435 e. The Labute approximate surface area is 191 Å². The Morgan fingerprint density at radius 1 is 1.24 bits per heavy atom. The van der Waals surface area contributed by atoms with Crippen LogP contribution in [0, 0.1) is 0 Å². The highest BCUT2D eigenvalue weighted by atomic mass is 32.1. The lowest BCUT2D eigenvalue weighted by Crippen LogP contribution is -2.27. The standard InChI is InChI=1S/C19H20F2N8O3S/c1-31-14(11-3-2-4-13(9-11)32-16(20)21)15(30)25-19-28-27-18(33-19)24-12-5-8-29(10-12)17-22-6-7-23-26-17/h2-4,6-7,9,12,14,16H,5,8,10H2,1H3,(H,24,27)(H,25,28,30)/t12-,14-/m0/s1. The molecule has 1 aromatic carbocycles. The highest BCUT2D eigenvalue weighted by Gasteiger charge is 2.26. The lowest BCUT2D eigenvalue weighted by atomic mass is 10.1. The molecule has 174 valence electrons. The maximum atomic E-state index is 12.7. The number of hydrogen-bond donors (Lipinski definition) is 2. The van der Waals surface area contributed by atoms with Crippen molar-refractivity contribution in [1.29, 1.82) is 0 Å². The molecule has 0 bridgehead atoms. The summed E-state index contributed by atoms with van der Waals surface area (Å²) in [6, 6.07) is 5.88. The molecule has 3 heterocycles. The van der Waals surface area contributed by atoms with Crippen LogP contribution < -0.4 is 20.3 Å². The van der Waals surface area contributed by atoms with Gasteiger partial charge in [0.1, 0.15) is 5.75 Å². The smallest absolute Gasteiger partial charge is 0.387 e. The number of anilines is 3. The molecule has 4 rings (SSSR count). The molecule has 1 aliphatic heterocycles. The summed E-state index contributed by atoms with van der Waals surface area (Å²) in [6.07, 6.45) is 2.92. The summed E-state index contributed by atoms with van der Waals surface area (Å²) >= 11 is 1.17. The molecule has 2 atom stereocenters. The first-order valence-electron chi connectivity index (χ1n) is 9.89. The number of amides is 1. The second-order valence-corrected chi connectivity index (χ2v) is 7.96. The van der Waals surface area contributed by atoms with Crippen molar-refractivity contribution in [2.24, 2.45) is 0 Å². The molecule has 0 spiro atoms. The summed E-state index contributed by atoms with van der Waals surface area (Å²) in [5, 5.41) is 22.7. The quantitative estimate of drug-likeness (QED) is 0.473. The number of alkyl halides is 2. The average molecular weight is 478 g/mol. The number of hydrogen-bond acceptors (Lipinski definition) is 11. The minimum Gasteiger partial charge on any atom is -0.435 e. The van der Waals surface area contributed by atoms with Crippen molar-refractivity contribution in [3.63, 3.8) is 0 Å². The second kappa shape index (κ2) is 10.4. The van der Waals surface area contributed by atoms with Gasteiger partial charge in [-0.25, -0.2) is 4.98 Å². The Kier molecular flexibility index (Phi) is 7.14.